The average molecular weight is 261 g/mol. The van der Waals surface area contributed by atoms with Gasteiger partial charge in [-0.1, -0.05) is 41.9 Å². The predicted octanol–water partition coefficient (Wildman–Crippen LogP) is 4.09. The summed E-state index contributed by atoms with van der Waals surface area (Å²) >= 11 is 5.84. The van der Waals surface area contributed by atoms with Crippen LogP contribution < -0.4 is 5.32 Å². The van der Waals surface area contributed by atoms with Crippen LogP contribution in [0.3, 0.4) is 0 Å². The Morgan fingerprint density at radius 3 is 2.56 bits per heavy atom. The SMILES string of the molecule is Cc1nc(Cl)ccc1NC(C)Cc1ccccc1. The van der Waals surface area contributed by atoms with Crippen LogP contribution in [0.5, 0.6) is 0 Å². The maximum absolute atomic E-state index is 5.84. The van der Waals surface area contributed by atoms with Gasteiger partial charge in [0.05, 0.1) is 11.4 Å². The van der Waals surface area contributed by atoms with Crippen LogP contribution in [0.25, 0.3) is 0 Å². The molecule has 1 atom stereocenters. The number of benzene rings is 1. The van der Waals surface area contributed by atoms with Gasteiger partial charge in [0.25, 0.3) is 0 Å². The van der Waals surface area contributed by atoms with Crippen molar-refractivity contribution < 1.29 is 0 Å². The van der Waals surface area contributed by atoms with Crippen LogP contribution in [0.15, 0.2) is 42.5 Å². The Hall–Kier alpha value is -1.54. The van der Waals surface area contributed by atoms with Crippen molar-refractivity contribution in [3.8, 4) is 0 Å². The maximum Gasteiger partial charge on any atom is 0.129 e. The van der Waals surface area contributed by atoms with E-state index in [1.54, 1.807) is 0 Å². The molecule has 0 spiro atoms. The number of nitrogens with one attached hydrogen (secondary N) is 1. The zero-order chi connectivity index (χ0) is 13.0. The molecule has 1 aromatic heterocycles. The van der Waals surface area contributed by atoms with E-state index in [1.165, 1.54) is 5.56 Å². The van der Waals surface area contributed by atoms with E-state index in [0.29, 0.717) is 11.2 Å². The van der Waals surface area contributed by atoms with Gasteiger partial charge in [0.1, 0.15) is 5.15 Å². The molecule has 2 rings (SSSR count). The van der Waals surface area contributed by atoms with Crippen LogP contribution in [0.2, 0.25) is 5.15 Å². The van der Waals surface area contributed by atoms with E-state index in [-0.39, 0.29) is 0 Å². The lowest BCUT2D eigenvalue weighted by Crippen LogP contribution is -2.18. The molecule has 0 fully saturated rings. The van der Waals surface area contributed by atoms with E-state index in [0.717, 1.165) is 17.8 Å². The molecule has 18 heavy (non-hydrogen) atoms. The van der Waals surface area contributed by atoms with Crippen molar-refractivity contribution in [1.82, 2.24) is 4.98 Å². The number of aryl methyl sites for hydroxylation is 1. The van der Waals surface area contributed by atoms with Crippen molar-refractivity contribution in [1.29, 1.82) is 0 Å². The monoisotopic (exact) mass is 260 g/mol. The summed E-state index contributed by atoms with van der Waals surface area (Å²) in [6.45, 7) is 4.13. The summed E-state index contributed by atoms with van der Waals surface area (Å²) < 4.78 is 0. The second-order valence-electron chi connectivity index (χ2n) is 4.50. The first kappa shape index (κ1) is 12.9. The minimum Gasteiger partial charge on any atom is -0.381 e. The molecule has 0 bridgehead atoms. The Labute approximate surface area is 113 Å². The summed E-state index contributed by atoms with van der Waals surface area (Å²) in [6, 6.07) is 14.6. The highest BCUT2D eigenvalue weighted by atomic mass is 35.5. The van der Waals surface area contributed by atoms with Gasteiger partial charge < -0.3 is 5.32 Å². The predicted molar refractivity (Wildman–Crippen MR) is 77.2 cm³/mol. The number of hydrogen-bond donors (Lipinski definition) is 1. The molecule has 1 N–H and O–H groups in total. The molecule has 0 saturated carbocycles. The lowest BCUT2D eigenvalue weighted by atomic mass is 10.1. The first-order chi connectivity index (χ1) is 8.65. The molecular formula is C15H17ClN2. The van der Waals surface area contributed by atoms with E-state index >= 15 is 0 Å². The van der Waals surface area contributed by atoms with Crippen molar-refractivity contribution >= 4 is 17.3 Å². The number of pyridine rings is 1. The van der Waals surface area contributed by atoms with Crippen molar-refractivity contribution in [2.45, 2.75) is 26.3 Å². The van der Waals surface area contributed by atoms with Gasteiger partial charge in [-0.15, -0.1) is 0 Å². The fraction of sp³-hybridized carbons (Fsp3) is 0.267. The Morgan fingerprint density at radius 1 is 1.17 bits per heavy atom. The molecule has 0 aliphatic heterocycles. The fourth-order valence-electron chi connectivity index (χ4n) is 1.97. The number of nitrogens with zero attached hydrogens (tertiary/aromatic N) is 1. The molecule has 1 heterocycles. The summed E-state index contributed by atoms with van der Waals surface area (Å²) in [7, 11) is 0. The largest absolute Gasteiger partial charge is 0.381 e. The standard InChI is InChI=1S/C15H17ClN2/c1-11(10-13-6-4-3-5-7-13)17-14-8-9-15(16)18-12(14)2/h3-9,11,17H,10H2,1-2H3. The lowest BCUT2D eigenvalue weighted by molar-refractivity contribution is 0.787. The summed E-state index contributed by atoms with van der Waals surface area (Å²) in [6.07, 6.45) is 0.989. The Kier molecular flexibility index (Phi) is 4.21. The van der Waals surface area contributed by atoms with Crippen molar-refractivity contribution in [3.05, 3.63) is 58.9 Å². The smallest absolute Gasteiger partial charge is 0.129 e. The lowest BCUT2D eigenvalue weighted by Gasteiger charge is -2.16. The molecule has 0 radical (unpaired) electrons. The van der Waals surface area contributed by atoms with E-state index in [4.69, 9.17) is 11.6 Å². The minimum absolute atomic E-state index is 0.356. The van der Waals surface area contributed by atoms with Gasteiger partial charge in [-0.2, -0.15) is 0 Å². The first-order valence-electron chi connectivity index (χ1n) is 6.09. The average Bonchev–Trinajstić information content (AvgIpc) is 2.34. The first-order valence-corrected chi connectivity index (χ1v) is 6.46. The van der Waals surface area contributed by atoms with E-state index < -0.39 is 0 Å². The third kappa shape index (κ3) is 3.47. The van der Waals surface area contributed by atoms with Crippen LogP contribution in [0.1, 0.15) is 18.2 Å². The number of halogens is 1. The number of anilines is 1. The van der Waals surface area contributed by atoms with Crippen LogP contribution in [-0.4, -0.2) is 11.0 Å². The van der Waals surface area contributed by atoms with Gasteiger partial charge in [0.2, 0.25) is 0 Å². The van der Waals surface area contributed by atoms with E-state index in [1.807, 2.05) is 25.1 Å². The molecule has 2 nitrogen and oxygen atoms in total. The van der Waals surface area contributed by atoms with E-state index in [9.17, 15) is 0 Å². The zero-order valence-electron chi connectivity index (χ0n) is 10.7. The second kappa shape index (κ2) is 5.87. The topological polar surface area (TPSA) is 24.9 Å². The van der Waals surface area contributed by atoms with Gasteiger partial charge in [0, 0.05) is 6.04 Å². The highest BCUT2D eigenvalue weighted by Gasteiger charge is 2.06. The highest BCUT2D eigenvalue weighted by molar-refractivity contribution is 6.29. The zero-order valence-corrected chi connectivity index (χ0v) is 11.4. The minimum atomic E-state index is 0.356. The summed E-state index contributed by atoms with van der Waals surface area (Å²) in [4.78, 5) is 4.24. The molecule has 1 unspecified atom stereocenters. The molecule has 94 valence electrons. The molecule has 2 aromatic rings. The molecule has 0 amide bonds. The summed E-state index contributed by atoms with van der Waals surface area (Å²) in [5, 5.41) is 4.00. The van der Waals surface area contributed by atoms with Gasteiger partial charge in [0.15, 0.2) is 0 Å². The molecule has 0 saturated heterocycles. The highest BCUT2D eigenvalue weighted by Crippen LogP contribution is 2.17. The molecule has 1 aromatic carbocycles. The summed E-state index contributed by atoms with van der Waals surface area (Å²) in [5.41, 5.74) is 3.31. The number of hydrogen-bond acceptors (Lipinski definition) is 2. The Morgan fingerprint density at radius 2 is 1.89 bits per heavy atom. The Balaban J connectivity index is 2.01. The van der Waals surface area contributed by atoms with Crippen molar-refractivity contribution in [2.75, 3.05) is 5.32 Å². The molecule has 0 aliphatic rings. The molecule has 0 aliphatic carbocycles. The van der Waals surface area contributed by atoms with Crippen LogP contribution in [-0.2, 0) is 6.42 Å². The fourth-order valence-corrected chi connectivity index (χ4v) is 2.16. The molecular weight excluding hydrogens is 244 g/mol. The quantitative estimate of drug-likeness (QED) is 0.838. The van der Waals surface area contributed by atoms with Crippen molar-refractivity contribution in [2.24, 2.45) is 0 Å². The number of rotatable bonds is 4. The van der Waals surface area contributed by atoms with Gasteiger partial charge in [-0.05, 0) is 38.0 Å². The van der Waals surface area contributed by atoms with Crippen LogP contribution >= 0.6 is 11.6 Å². The number of aromatic nitrogens is 1. The van der Waals surface area contributed by atoms with E-state index in [2.05, 4.69) is 41.5 Å². The van der Waals surface area contributed by atoms with Crippen molar-refractivity contribution in [3.63, 3.8) is 0 Å². The second-order valence-corrected chi connectivity index (χ2v) is 4.89. The Bertz CT molecular complexity index is 511. The van der Waals surface area contributed by atoms with Crippen LogP contribution in [0.4, 0.5) is 5.69 Å². The third-order valence-electron chi connectivity index (χ3n) is 2.84. The molecule has 3 heteroatoms. The maximum atomic E-state index is 5.84. The van der Waals surface area contributed by atoms with Gasteiger partial charge >= 0.3 is 0 Å². The summed E-state index contributed by atoms with van der Waals surface area (Å²) in [5.74, 6) is 0. The third-order valence-corrected chi connectivity index (χ3v) is 3.05. The normalized spacial score (nSPS) is 12.2. The van der Waals surface area contributed by atoms with Gasteiger partial charge in [-0.3, -0.25) is 0 Å². The van der Waals surface area contributed by atoms with Crippen LogP contribution in [0, 0.1) is 6.92 Å². The van der Waals surface area contributed by atoms with Gasteiger partial charge in [-0.25, -0.2) is 4.98 Å².